The van der Waals surface area contributed by atoms with Crippen LogP contribution in [0.1, 0.15) is 38.4 Å². The van der Waals surface area contributed by atoms with Gasteiger partial charge in [0.15, 0.2) is 0 Å². The number of aromatic nitrogens is 5. The first kappa shape index (κ1) is 23.1. The zero-order valence-corrected chi connectivity index (χ0v) is 19.9. The third kappa shape index (κ3) is 5.31. The Morgan fingerprint density at radius 1 is 1.15 bits per heavy atom. The topological polar surface area (TPSA) is 92.9 Å². The van der Waals surface area contributed by atoms with Crippen LogP contribution >= 0.6 is 0 Å². The largest absolute Gasteiger partial charge is 0.404 e. The maximum Gasteiger partial charge on any atom is 0.0999 e. The summed E-state index contributed by atoms with van der Waals surface area (Å²) >= 11 is 0. The van der Waals surface area contributed by atoms with Crippen molar-refractivity contribution < 1.29 is 0 Å². The van der Waals surface area contributed by atoms with Gasteiger partial charge in [0.2, 0.25) is 0 Å². The lowest BCUT2D eigenvalue weighted by atomic mass is 10.1. The molecule has 3 aromatic rings. The van der Waals surface area contributed by atoms with Gasteiger partial charge in [0, 0.05) is 62.5 Å². The molecule has 4 heterocycles. The Labute approximate surface area is 195 Å². The number of nitrogens with two attached hydrogens (primary N) is 1. The van der Waals surface area contributed by atoms with Crippen LogP contribution in [0.4, 0.5) is 0 Å². The average molecular weight is 450 g/mol. The van der Waals surface area contributed by atoms with Crippen molar-refractivity contribution >= 4 is 17.3 Å². The van der Waals surface area contributed by atoms with Crippen LogP contribution in [0.25, 0.3) is 22.3 Å². The first-order valence-corrected chi connectivity index (χ1v) is 11.8. The van der Waals surface area contributed by atoms with Gasteiger partial charge in [-0.1, -0.05) is 13.8 Å². The lowest BCUT2D eigenvalue weighted by molar-refractivity contribution is 0.157. The highest BCUT2D eigenvalue weighted by atomic mass is 15.3. The molecule has 0 amide bonds. The highest BCUT2D eigenvalue weighted by Gasteiger charge is 2.16. The lowest BCUT2D eigenvalue weighted by Gasteiger charge is -2.31. The fourth-order valence-corrected chi connectivity index (χ4v) is 4.23. The molecule has 0 spiro atoms. The van der Waals surface area contributed by atoms with Crippen LogP contribution in [0.5, 0.6) is 0 Å². The van der Waals surface area contributed by atoms with Crippen LogP contribution in [-0.2, 0) is 0 Å². The molecule has 1 aliphatic rings. The SMILES string of the molecule is CCC(CC)n1cc(-c2nc(C(C=NCCN3CCN(C)CC3)=CN)cn3nccc23)cn1. The van der Waals surface area contributed by atoms with Gasteiger partial charge in [0.25, 0.3) is 0 Å². The van der Waals surface area contributed by atoms with E-state index in [1.807, 2.05) is 33.9 Å². The molecule has 9 nitrogen and oxygen atoms in total. The smallest absolute Gasteiger partial charge is 0.0999 e. The lowest BCUT2D eigenvalue weighted by Crippen LogP contribution is -2.45. The highest BCUT2D eigenvalue weighted by Crippen LogP contribution is 2.26. The second kappa shape index (κ2) is 10.7. The summed E-state index contributed by atoms with van der Waals surface area (Å²) in [6.07, 6.45) is 13.1. The summed E-state index contributed by atoms with van der Waals surface area (Å²) in [5.74, 6) is 0. The standard InChI is InChI=1S/C24H35N9/c1-4-21(5-2)32-17-20(16-28-32)24-23-6-7-27-33(23)18-22(29-24)19(14-25)15-26-8-9-31-12-10-30(3)11-13-31/h6-7,14-18,21H,4-5,8-13,25H2,1-3H3. The van der Waals surface area contributed by atoms with E-state index in [9.17, 15) is 0 Å². The molecule has 3 aromatic heterocycles. The fraction of sp³-hybridized carbons (Fsp3) is 0.500. The molecular weight excluding hydrogens is 414 g/mol. The van der Waals surface area contributed by atoms with Gasteiger partial charge in [0.1, 0.15) is 0 Å². The molecular formula is C24H35N9. The molecule has 1 saturated heterocycles. The number of allylic oxidation sites excluding steroid dienone is 1. The van der Waals surface area contributed by atoms with Crippen molar-refractivity contribution in [1.29, 1.82) is 0 Å². The summed E-state index contributed by atoms with van der Waals surface area (Å²) in [7, 11) is 2.17. The number of nitrogens with zero attached hydrogens (tertiary/aromatic N) is 8. The minimum absolute atomic E-state index is 0.384. The van der Waals surface area contributed by atoms with Gasteiger partial charge in [0.05, 0.1) is 48.1 Å². The van der Waals surface area contributed by atoms with E-state index in [4.69, 9.17) is 10.7 Å². The zero-order valence-electron chi connectivity index (χ0n) is 19.9. The van der Waals surface area contributed by atoms with Crippen molar-refractivity contribution in [2.24, 2.45) is 10.7 Å². The van der Waals surface area contributed by atoms with Crippen molar-refractivity contribution in [3.05, 3.63) is 42.7 Å². The molecule has 33 heavy (non-hydrogen) atoms. The number of piperazine rings is 1. The Morgan fingerprint density at radius 2 is 1.94 bits per heavy atom. The normalized spacial score (nSPS) is 16.5. The average Bonchev–Trinajstić information content (AvgIpc) is 3.51. The van der Waals surface area contributed by atoms with E-state index in [2.05, 4.69) is 52.1 Å². The van der Waals surface area contributed by atoms with Gasteiger partial charge >= 0.3 is 0 Å². The molecule has 0 bridgehead atoms. The number of rotatable bonds is 9. The fourth-order valence-electron chi connectivity index (χ4n) is 4.23. The van der Waals surface area contributed by atoms with Crippen LogP contribution in [-0.4, -0.2) is 86.7 Å². The number of hydrogen-bond acceptors (Lipinski definition) is 7. The summed E-state index contributed by atoms with van der Waals surface area (Å²) in [4.78, 5) is 14.4. The van der Waals surface area contributed by atoms with Crippen LogP contribution < -0.4 is 5.73 Å². The van der Waals surface area contributed by atoms with Gasteiger partial charge in [-0.2, -0.15) is 10.2 Å². The minimum Gasteiger partial charge on any atom is -0.404 e. The quantitative estimate of drug-likeness (QED) is 0.505. The Balaban J connectivity index is 1.54. The van der Waals surface area contributed by atoms with E-state index in [1.54, 1.807) is 12.4 Å². The monoisotopic (exact) mass is 449 g/mol. The molecule has 2 N–H and O–H groups in total. The van der Waals surface area contributed by atoms with Crippen molar-refractivity contribution in [3.8, 4) is 11.3 Å². The Hall–Kier alpha value is -3.04. The highest BCUT2D eigenvalue weighted by molar-refractivity contribution is 6.09. The second-order valence-electron chi connectivity index (χ2n) is 8.62. The number of aliphatic imine (C=N–C) groups is 1. The summed E-state index contributed by atoms with van der Waals surface area (Å²) in [6.45, 7) is 10.5. The van der Waals surface area contributed by atoms with Crippen molar-refractivity contribution in [2.75, 3.05) is 46.3 Å². The first-order chi connectivity index (χ1) is 16.1. The van der Waals surface area contributed by atoms with Gasteiger partial charge in [-0.3, -0.25) is 14.6 Å². The third-order valence-electron chi connectivity index (χ3n) is 6.43. The predicted molar refractivity (Wildman–Crippen MR) is 133 cm³/mol. The Kier molecular flexibility index (Phi) is 7.51. The molecule has 0 aliphatic carbocycles. The third-order valence-corrected chi connectivity index (χ3v) is 6.43. The molecule has 0 atom stereocenters. The van der Waals surface area contributed by atoms with Gasteiger partial charge in [-0.05, 0) is 26.0 Å². The van der Waals surface area contributed by atoms with Gasteiger partial charge in [-0.15, -0.1) is 0 Å². The van der Waals surface area contributed by atoms with Crippen molar-refractivity contribution in [2.45, 2.75) is 32.7 Å². The van der Waals surface area contributed by atoms with Crippen molar-refractivity contribution in [1.82, 2.24) is 34.2 Å². The van der Waals surface area contributed by atoms with E-state index in [-0.39, 0.29) is 0 Å². The van der Waals surface area contributed by atoms with Gasteiger partial charge < -0.3 is 10.6 Å². The number of fused-ring (bicyclic) bond motifs is 1. The maximum atomic E-state index is 5.98. The Morgan fingerprint density at radius 3 is 2.67 bits per heavy atom. The summed E-state index contributed by atoms with van der Waals surface area (Å²) < 4.78 is 3.88. The van der Waals surface area contributed by atoms with Gasteiger partial charge in [-0.25, -0.2) is 9.50 Å². The molecule has 0 saturated carbocycles. The first-order valence-electron chi connectivity index (χ1n) is 11.8. The molecule has 4 rings (SSSR count). The van der Waals surface area contributed by atoms with E-state index >= 15 is 0 Å². The number of hydrogen-bond donors (Lipinski definition) is 1. The van der Waals surface area contributed by atoms with Crippen LogP contribution in [0.15, 0.2) is 42.0 Å². The second-order valence-corrected chi connectivity index (χ2v) is 8.62. The minimum atomic E-state index is 0.384. The summed E-state index contributed by atoms with van der Waals surface area (Å²) in [5.41, 5.74) is 10.2. The van der Waals surface area contributed by atoms with Crippen LogP contribution in [0, 0.1) is 0 Å². The zero-order chi connectivity index (χ0) is 23.2. The van der Waals surface area contributed by atoms with E-state index in [0.717, 1.165) is 80.2 Å². The summed E-state index contributed by atoms with van der Waals surface area (Å²) in [6, 6.07) is 2.35. The molecule has 1 fully saturated rings. The van der Waals surface area contributed by atoms with Crippen LogP contribution in [0.3, 0.4) is 0 Å². The van der Waals surface area contributed by atoms with E-state index < -0.39 is 0 Å². The molecule has 1 aliphatic heterocycles. The van der Waals surface area contributed by atoms with Crippen molar-refractivity contribution in [3.63, 3.8) is 0 Å². The number of likely N-dealkylation sites (N-methyl/N-ethyl adjacent to an activating group) is 1. The summed E-state index contributed by atoms with van der Waals surface area (Å²) in [5, 5.41) is 9.05. The molecule has 0 aromatic carbocycles. The molecule has 176 valence electrons. The molecule has 0 unspecified atom stereocenters. The molecule has 9 heteroatoms. The van der Waals surface area contributed by atoms with E-state index in [1.165, 1.54) is 0 Å². The van der Waals surface area contributed by atoms with Crippen LogP contribution in [0.2, 0.25) is 0 Å². The maximum absolute atomic E-state index is 5.98. The van der Waals surface area contributed by atoms with E-state index in [0.29, 0.717) is 6.04 Å². The Bertz CT molecular complexity index is 1100. The predicted octanol–water partition coefficient (Wildman–Crippen LogP) is 2.57. The molecule has 0 radical (unpaired) electrons.